The van der Waals surface area contributed by atoms with E-state index in [1.807, 2.05) is 62.5 Å². The number of hydrogen-bond donors (Lipinski definition) is 2. The monoisotopic (exact) mass is 322 g/mol. The molecule has 2 N–H and O–H groups in total. The normalized spacial score (nSPS) is 12.0. The van der Waals surface area contributed by atoms with Crippen molar-refractivity contribution < 1.29 is 9.59 Å². The lowest BCUT2D eigenvalue weighted by molar-refractivity contribution is -0.118. The van der Waals surface area contributed by atoms with Crippen LogP contribution in [0.2, 0.25) is 0 Å². The van der Waals surface area contributed by atoms with Crippen LogP contribution < -0.4 is 10.6 Å². The molecule has 1 atom stereocenters. The highest BCUT2D eigenvalue weighted by Crippen LogP contribution is 2.20. The van der Waals surface area contributed by atoms with Crippen LogP contribution in [0.3, 0.4) is 0 Å². The molecule has 4 nitrogen and oxygen atoms in total. The molecule has 0 aliphatic carbocycles. The number of carbonyl (C=O) groups excluding carboxylic acids is 2. The minimum absolute atomic E-state index is 0.107. The van der Waals surface area contributed by atoms with Crippen LogP contribution in [0.5, 0.6) is 0 Å². The van der Waals surface area contributed by atoms with Crippen LogP contribution in [0, 0.1) is 0 Å². The maximum Gasteiger partial charge on any atom is 0.248 e. The summed E-state index contributed by atoms with van der Waals surface area (Å²) < 4.78 is 0. The van der Waals surface area contributed by atoms with Gasteiger partial charge in [0, 0.05) is 19.0 Å². The van der Waals surface area contributed by atoms with Gasteiger partial charge in [0.1, 0.15) is 5.78 Å². The van der Waals surface area contributed by atoms with E-state index in [1.165, 1.54) is 6.08 Å². The Kier molecular flexibility index (Phi) is 5.90. The van der Waals surface area contributed by atoms with E-state index in [4.69, 9.17) is 0 Å². The molecule has 0 spiro atoms. The number of para-hydroxylation sites is 2. The molecule has 24 heavy (non-hydrogen) atoms. The Hall–Kier alpha value is -2.88. The first-order valence-corrected chi connectivity index (χ1v) is 7.87. The Morgan fingerprint density at radius 1 is 1.00 bits per heavy atom. The highest BCUT2D eigenvalue weighted by Gasteiger charge is 2.09. The number of amides is 1. The molecular weight excluding hydrogens is 300 g/mol. The molecule has 0 aliphatic rings. The van der Waals surface area contributed by atoms with Crippen molar-refractivity contribution in [1.29, 1.82) is 0 Å². The number of nitrogens with one attached hydrogen (secondary N) is 2. The summed E-state index contributed by atoms with van der Waals surface area (Å²) in [5.41, 5.74) is 3.49. The first-order valence-electron chi connectivity index (χ1n) is 7.87. The van der Waals surface area contributed by atoms with Crippen molar-refractivity contribution in [3.63, 3.8) is 0 Å². The summed E-state index contributed by atoms with van der Waals surface area (Å²) in [5, 5.41) is 5.88. The number of benzene rings is 2. The SMILES string of the molecule is CNc1ccccc1NC(=O)/C=C/c1ccc(C(C)C(C)=O)cc1. The fourth-order valence-electron chi connectivity index (χ4n) is 2.29. The van der Waals surface area contributed by atoms with Gasteiger partial charge >= 0.3 is 0 Å². The van der Waals surface area contributed by atoms with Crippen molar-refractivity contribution in [2.45, 2.75) is 19.8 Å². The maximum absolute atomic E-state index is 12.0. The third-order valence-electron chi connectivity index (χ3n) is 3.93. The van der Waals surface area contributed by atoms with Gasteiger partial charge in [-0.2, -0.15) is 0 Å². The van der Waals surface area contributed by atoms with Gasteiger partial charge in [0.15, 0.2) is 0 Å². The van der Waals surface area contributed by atoms with Crippen LogP contribution in [-0.4, -0.2) is 18.7 Å². The van der Waals surface area contributed by atoms with Crippen molar-refractivity contribution in [3.05, 3.63) is 65.7 Å². The second-order valence-electron chi connectivity index (χ2n) is 5.62. The molecule has 2 rings (SSSR count). The molecule has 2 aromatic carbocycles. The molecule has 4 heteroatoms. The van der Waals surface area contributed by atoms with E-state index >= 15 is 0 Å². The van der Waals surface area contributed by atoms with Crippen LogP contribution in [0.1, 0.15) is 30.9 Å². The fraction of sp³-hybridized carbons (Fsp3) is 0.200. The van der Waals surface area contributed by atoms with Crippen molar-refractivity contribution in [3.8, 4) is 0 Å². The predicted octanol–water partition coefficient (Wildman–Crippen LogP) is 4.07. The summed E-state index contributed by atoms with van der Waals surface area (Å²) in [4.78, 5) is 23.4. The second kappa shape index (κ2) is 8.11. The van der Waals surface area contributed by atoms with Gasteiger partial charge in [0.2, 0.25) is 5.91 Å². The lowest BCUT2D eigenvalue weighted by Gasteiger charge is -2.09. The van der Waals surface area contributed by atoms with Crippen LogP contribution in [0.4, 0.5) is 11.4 Å². The number of anilines is 2. The Labute approximate surface area is 142 Å². The van der Waals surface area contributed by atoms with Crippen LogP contribution in [0.15, 0.2) is 54.6 Å². The fourth-order valence-corrected chi connectivity index (χ4v) is 2.29. The lowest BCUT2D eigenvalue weighted by atomic mass is 9.96. The predicted molar refractivity (Wildman–Crippen MR) is 99.2 cm³/mol. The molecule has 1 amide bonds. The molecule has 0 saturated heterocycles. The van der Waals surface area contributed by atoms with Gasteiger partial charge in [0.05, 0.1) is 11.4 Å². The standard InChI is InChI=1S/C20H22N2O2/c1-14(15(2)23)17-11-8-16(9-12-17)10-13-20(24)22-19-7-5-4-6-18(19)21-3/h4-14,21H,1-3H3,(H,22,24)/b13-10+. The summed E-state index contributed by atoms with van der Waals surface area (Å²) in [6.45, 7) is 3.48. The minimum atomic E-state index is -0.195. The highest BCUT2D eigenvalue weighted by atomic mass is 16.1. The number of hydrogen-bond acceptors (Lipinski definition) is 3. The van der Waals surface area contributed by atoms with Gasteiger partial charge in [-0.3, -0.25) is 9.59 Å². The summed E-state index contributed by atoms with van der Waals surface area (Å²) in [6, 6.07) is 15.2. The van der Waals surface area contributed by atoms with Gasteiger partial charge in [-0.1, -0.05) is 43.3 Å². The third-order valence-corrected chi connectivity index (χ3v) is 3.93. The number of Topliss-reactive ketones (excluding diaryl/α,β-unsaturated/α-hetero) is 1. The molecule has 0 saturated carbocycles. The van der Waals surface area contributed by atoms with Gasteiger partial charge < -0.3 is 10.6 Å². The molecule has 0 radical (unpaired) electrons. The third kappa shape index (κ3) is 4.56. The molecule has 1 unspecified atom stereocenters. The Morgan fingerprint density at radius 3 is 2.21 bits per heavy atom. The van der Waals surface area contributed by atoms with E-state index in [0.29, 0.717) is 0 Å². The Morgan fingerprint density at radius 2 is 1.62 bits per heavy atom. The number of ketones is 1. The molecule has 0 fully saturated rings. The summed E-state index contributed by atoms with van der Waals surface area (Å²) in [7, 11) is 1.81. The molecule has 0 heterocycles. The zero-order valence-electron chi connectivity index (χ0n) is 14.2. The summed E-state index contributed by atoms with van der Waals surface area (Å²) in [6.07, 6.45) is 3.25. The summed E-state index contributed by atoms with van der Waals surface area (Å²) in [5.74, 6) is -0.163. The van der Waals surface area contributed by atoms with E-state index in [2.05, 4.69) is 10.6 Å². The smallest absolute Gasteiger partial charge is 0.248 e. The van der Waals surface area contributed by atoms with Gasteiger partial charge in [-0.15, -0.1) is 0 Å². The zero-order valence-corrected chi connectivity index (χ0v) is 14.2. The van der Waals surface area contributed by atoms with Crippen molar-refractivity contribution in [2.75, 3.05) is 17.7 Å². The molecule has 0 bridgehead atoms. The van der Waals surface area contributed by atoms with Crippen LogP contribution in [0.25, 0.3) is 6.08 Å². The average Bonchev–Trinajstić information content (AvgIpc) is 2.60. The van der Waals surface area contributed by atoms with E-state index in [-0.39, 0.29) is 17.6 Å². The molecule has 124 valence electrons. The zero-order chi connectivity index (χ0) is 17.5. The van der Waals surface area contributed by atoms with Crippen molar-refractivity contribution in [1.82, 2.24) is 0 Å². The van der Waals surface area contributed by atoms with Crippen LogP contribution >= 0.6 is 0 Å². The topological polar surface area (TPSA) is 58.2 Å². The quantitative estimate of drug-likeness (QED) is 0.788. The first kappa shape index (κ1) is 17.5. The molecule has 0 aromatic heterocycles. The molecule has 0 aliphatic heterocycles. The summed E-state index contributed by atoms with van der Waals surface area (Å²) >= 11 is 0. The number of carbonyl (C=O) groups is 2. The molecular formula is C20H22N2O2. The van der Waals surface area contributed by atoms with E-state index in [9.17, 15) is 9.59 Å². The lowest BCUT2D eigenvalue weighted by Crippen LogP contribution is -2.09. The van der Waals surface area contributed by atoms with Gasteiger partial charge in [0.25, 0.3) is 0 Å². The largest absolute Gasteiger partial charge is 0.386 e. The highest BCUT2D eigenvalue weighted by molar-refractivity contribution is 6.03. The second-order valence-corrected chi connectivity index (χ2v) is 5.62. The van der Waals surface area contributed by atoms with Gasteiger partial charge in [-0.25, -0.2) is 0 Å². The van der Waals surface area contributed by atoms with Crippen molar-refractivity contribution >= 4 is 29.1 Å². The van der Waals surface area contributed by atoms with Crippen molar-refractivity contribution in [2.24, 2.45) is 0 Å². The Bertz CT molecular complexity index is 748. The van der Waals surface area contributed by atoms with E-state index in [1.54, 1.807) is 13.0 Å². The average molecular weight is 322 g/mol. The Balaban J connectivity index is 2.02. The number of rotatable bonds is 6. The minimum Gasteiger partial charge on any atom is -0.386 e. The van der Waals surface area contributed by atoms with E-state index in [0.717, 1.165) is 22.5 Å². The van der Waals surface area contributed by atoms with Crippen LogP contribution in [-0.2, 0) is 9.59 Å². The van der Waals surface area contributed by atoms with Gasteiger partial charge in [-0.05, 0) is 36.3 Å². The first-order chi connectivity index (χ1) is 11.5. The van der Waals surface area contributed by atoms with E-state index < -0.39 is 0 Å². The maximum atomic E-state index is 12.0. The molecule has 2 aromatic rings.